The maximum atomic E-state index is 13.0. The predicted molar refractivity (Wildman–Crippen MR) is 96.9 cm³/mol. The van der Waals surface area contributed by atoms with Crippen LogP contribution in [-0.4, -0.2) is 49.7 Å². The lowest BCUT2D eigenvalue weighted by Gasteiger charge is -2.34. The van der Waals surface area contributed by atoms with E-state index < -0.39 is 15.8 Å². The van der Waals surface area contributed by atoms with Gasteiger partial charge in [-0.2, -0.15) is 4.31 Å². The lowest BCUT2D eigenvalue weighted by molar-refractivity contribution is 0.0698. The minimum absolute atomic E-state index is 0.0637. The molecule has 5 nitrogen and oxygen atoms in total. The molecule has 0 aromatic heterocycles. The molecule has 1 amide bonds. The van der Waals surface area contributed by atoms with Gasteiger partial charge in [0.25, 0.3) is 5.91 Å². The van der Waals surface area contributed by atoms with E-state index in [1.807, 2.05) is 24.3 Å². The highest BCUT2D eigenvalue weighted by molar-refractivity contribution is 7.89. The Balaban J connectivity index is 1.66. The predicted octanol–water partition coefficient (Wildman–Crippen LogP) is 2.53. The highest BCUT2D eigenvalue weighted by Crippen LogP contribution is 2.19. The Bertz CT molecular complexity index is 872. The average molecular weight is 376 g/mol. The largest absolute Gasteiger partial charge is 0.336 e. The molecule has 0 radical (unpaired) electrons. The molecule has 0 spiro atoms. The van der Waals surface area contributed by atoms with Crippen molar-refractivity contribution >= 4 is 15.9 Å². The second-order valence-electron chi connectivity index (χ2n) is 6.20. The zero-order chi connectivity index (χ0) is 18.7. The van der Waals surface area contributed by atoms with Crippen LogP contribution in [0.1, 0.15) is 22.8 Å². The molecule has 3 rings (SSSR count). The van der Waals surface area contributed by atoms with Crippen molar-refractivity contribution in [2.24, 2.45) is 0 Å². The second kappa shape index (κ2) is 7.55. The van der Waals surface area contributed by atoms with Gasteiger partial charge < -0.3 is 4.90 Å². The molecule has 0 bridgehead atoms. The van der Waals surface area contributed by atoms with Crippen LogP contribution in [0.2, 0.25) is 0 Å². The summed E-state index contributed by atoms with van der Waals surface area (Å²) < 4.78 is 39.6. The summed E-state index contributed by atoms with van der Waals surface area (Å²) in [5.41, 5.74) is 1.77. The third kappa shape index (κ3) is 3.78. The van der Waals surface area contributed by atoms with Crippen LogP contribution in [0.4, 0.5) is 4.39 Å². The lowest BCUT2D eigenvalue weighted by Crippen LogP contribution is -2.50. The van der Waals surface area contributed by atoms with E-state index in [0.29, 0.717) is 18.7 Å². The molecule has 2 aromatic carbocycles. The molecular formula is C19H21FN2O3S. The summed E-state index contributed by atoms with van der Waals surface area (Å²) in [5.74, 6) is -0.569. The number of aryl methyl sites for hydroxylation is 1. The minimum Gasteiger partial charge on any atom is -0.336 e. The zero-order valence-electron chi connectivity index (χ0n) is 14.6. The van der Waals surface area contributed by atoms with Crippen molar-refractivity contribution < 1.29 is 17.6 Å². The fourth-order valence-electron chi connectivity index (χ4n) is 2.95. The number of nitrogens with zero attached hydrogens (tertiary/aromatic N) is 2. The van der Waals surface area contributed by atoms with E-state index in [0.717, 1.165) is 24.1 Å². The fraction of sp³-hybridized carbons (Fsp3) is 0.316. The van der Waals surface area contributed by atoms with Crippen LogP contribution in [0.15, 0.2) is 53.4 Å². The molecular weight excluding hydrogens is 355 g/mol. The summed E-state index contributed by atoms with van der Waals surface area (Å²) in [5, 5.41) is 0. The fourth-order valence-corrected chi connectivity index (χ4v) is 4.37. The van der Waals surface area contributed by atoms with Gasteiger partial charge >= 0.3 is 0 Å². The van der Waals surface area contributed by atoms with E-state index in [-0.39, 0.29) is 23.9 Å². The Hall–Kier alpha value is -2.25. The second-order valence-corrected chi connectivity index (χ2v) is 8.14. The van der Waals surface area contributed by atoms with Gasteiger partial charge in [-0.25, -0.2) is 12.8 Å². The van der Waals surface area contributed by atoms with Crippen molar-refractivity contribution in [1.82, 2.24) is 9.21 Å². The summed E-state index contributed by atoms with van der Waals surface area (Å²) in [4.78, 5) is 14.3. The number of hydrogen-bond donors (Lipinski definition) is 0. The van der Waals surface area contributed by atoms with Gasteiger partial charge in [0.15, 0.2) is 0 Å². The number of benzene rings is 2. The van der Waals surface area contributed by atoms with Gasteiger partial charge in [-0.15, -0.1) is 0 Å². The molecule has 0 N–H and O–H groups in total. The molecule has 0 atom stereocenters. The smallest absolute Gasteiger partial charge is 0.253 e. The highest BCUT2D eigenvalue weighted by atomic mass is 32.2. The van der Waals surface area contributed by atoms with Gasteiger partial charge in [0.05, 0.1) is 4.90 Å². The molecule has 26 heavy (non-hydrogen) atoms. The molecule has 1 saturated heterocycles. The first-order valence-corrected chi connectivity index (χ1v) is 10.00. The van der Waals surface area contributed by atoms with Crippen molar-refractivity contribution in [3.63, 3.8) is 0 Å². The Labute approximate surface area is 153 Å². The van der Waals surface area contributed by atoms with E-state index in [1.54, 1.807) is 4.90 Å². The molecule has 1 fully saturated rings. The Morgan fingerprint density at radius 1 is 0.962 bits per heavy atom. The summed E-state index contributed by atoms with van der Waals surface area (Å²) in [6, 6.07) is 12.3. The number of carbonyl (C=O) groups excluding carboxylic acids is 1. The number of halogens is 1. The van der Waals surface area contributed by atoms with Crippen molar-refractivity contribution in [3.8, 4) is 0 Å². The molecule has 7 heteroatoms. The van der Waals surface area contributed by atoms with Gasteiger partial charge in [-0.3, -0.25) is 4.79 Å². The van der Waals surface area contributed by atoms with Crippen molar-refractivity contribution in [3.05, 3.63) is 65.5 Å². The normalized spacial score (nSPS) is 15.8. The Kier molecular flexibility index (Phi) is 5.38. The summed E-state index contributed by atoms with van der Waals surface area (Å²) in [6.45, 7) is 3.15. The number of sulfonamides is 1. The molecule has 0 saturated carbocycles. The standard InChI is InChI=1S/C19H21FN2O3S/c1-2-15-3-5-16(6-4-15)19(23)21-11-13-22(14-12-21)26(24,25)18-9-7-17(20)8-10-18/h3-10H,2,11-14H2,1H3. The third-order valence-electron chi connectivity index (χ3n) is 4.59. The lowest BCUT2D eigenvalue weighted by atomic mass is 10.1. The molecule has 2 aromatic rings. The average Bonchev–Trinajstić information content (AvgIpc) is 2.68. The van der Waals surface area contributed by atoms with E-state index >= 15 is 0 Å². The first kappa shape index (κ1) is 18.5. The van der Waals surface area contributed by atoms with E-state index in [1.165, 1.54) is 16.4 Å². The summed E-state index contributed by atoms with van der Waals surface area (Å²) >= 11 is 0. The van der Waals surface area contributed by atoms with Crippen LogP contribution < -0.4 is 0 Å². The van der Waals surface area contributed by atoms with Gasteiger partial charge in [-0.05, 0) is 48.4 Å². The van der Waals surface area contributed by atoms with Crippen molar-refractivity contribution in [2.45, 2.75) is 18.2 Å². The van der Waals surface area contributed by atoms with Crippen LogP contribution in [0.3, 0.4) is 0 Å². The quantitative estimate of drug-likeness (QED) is 0.824. The van der Waals surface area contributed by atoms with Crippen LogP contribution in [-0.2, 0) is 16.4 Å². The van der Waals surface area contributed by atoms with E-state index in [4.69, 9.17) is 0 Å². The van der Waals surface area contributed by atoms with Crippen molar-refractivity contribution in [2.75, 3.05) is 26.2 Å². The molecule has 0 unspecified atom stereocenters. The van der Waals surface area contributed by atoms with Gasteiger partial charge in [0.1, 0.15) is 5.82 Å². The summed E-state index contributed by atoms with van der Waals surface area (Å²) in [7, 11) is -3.67. The number of piperazine rings is 1. The third-order valence-corrected chi connectivity index (χ3v) is 6.50. The molecule has 1 aliphatic heterocycles. The number of rotatable bonds is 4. The first-order valence-electron chi connectivity index (χ1n) is 8.56. The number of amides is 1. The van der Waals surface area contributed by atoms with Crippen LogP contribution in [0.5, 0.6) is 0 Å². The number of carbonyl (C=O) groups is 1. The maximum absolute atomic E-state index is 13.0. The Morgan fingerprint density at radius 2 is 1.54 bits per heavy atom. The number of hydrogen-bond acceptors (Lipinski definition) is 3. The maximum Gasteiger partial charge on any atom is 0.253 e. The minimum atomic E-state index is -3.67. The van der Waals surface area contributed by atoms with E-state index in [2.05, 4.69) is 6.92 Å². The monoisotopic (exact) mass is 376 g/mol. The van der Waals surface area contributed by atoms with Gasteiger partial charge in [-0.1, -0.05) is 19.1 Å². The molecule has 1 aliphatic rings. The van der Waals surface area contributed by atoms with E-state index in [9.17, 15) is 17.6 Å². The van der Waals surface area contributed by atoms with Crippen LogP contribution >= 0.6 is 0 Å². The summed E-state index contributed by atoms with van der Waals surface area (Å²) in [6.07, 6.45) is 0.911. The van der Waals surface area contributed by atoms with Crippen LogP contribution in [0.25, 0.3) is 0 Å². The SMILES string of the molecule is CCc1ccc(C(=O)N2CCN(S(=O)(=O)c3ccc(F)cc3)CC2)cc1. The topological polar surface area (TPSA) is 57.7 Å². The molecule has 0 aliphatic carbocycles. The molecule has 1 heterocycles. The van der Waals surface area contributed by atoms with Crippen molar-refractivity contribution in [1.29, 1.82) is 0 Å². The first-order chi connectivity index (χ1) is 12.4. The van der Waals surface area contributed by atoms with Crippen LogP contribution in [0, 0.1) is 5.82 Å². The molecule has 138 valence electrons. The highest BCUT2D eigenvalue weighted by Gasteiger charge is 2.30. The zero-order valence-corrected chi connectivity index (χ0v) is 15.4. The Morgan fingerprint density at radius 3 is 2.08 bits per heavy atom. The van der Waals surface area contributed by atoms with Gasteiger partial charge in [0.2, 0.25) is 10.0 Å². The van der Waals surface area contributed by atoms with Gasteiger partial charge in [0, 0.05) is 31.7 Å².